The number of hydrogen-bond acceptors (Lipinski definition) is 4. The fraction of sp³-hybridized carbons (Fsp3) is 0.417. The Morgan fingerprint density at radius 2 is 1.87 bits per heavy atom. The molecular formula is C24H34N4O3. The van der Waals surface area contributed by atoms with Gasteiger partial charge in [0.25, 0.3) is 5.91 Å². The molecule has 0 spiro atoms. The molecule has 2 rings (SSSR count). The number of ether oxygens (including phenoxy) is 1. The van der Waals surface area contributed by atoms with Crippen molar-refractivity contribution in [1.82, 2.24) is 16.0 Å². The van der Waals surface area contributed by atoms with Crippen molar-refractivity contribution in [2.75, 3.05) is 26.7 Å². The molecule has 7 heteroatoms. The molecule has 0 aliphatic carbocycles. The summed E-state index contributed by atoms with van der Waals surface area (Å²) in [5.41, 5.74) is 2.50. The molecule has 0 heterocycles. The fourth-order valence-electron chi connectivity index (χ4n) is 3.00. The van der Waals surface area contributed by atoms with Gasteiger partial charge in [-0.3, -0.25) is 9.79 Å². The number of benzene rings is 2. The molecule has 31 heavy (non-hydrogen) atoms. The summed E-state index contributed by atoms with van der Waals surface area (Å²) in [6.45, 7) is 7.56. The molecule has 0 aromatic heterocycles. The Bertz CT molecular complexity index is 850. The molecule has 2 aromatic rings. The van der Waals surface area contributed by atoms with Crippen molar-refractivity contribution in [3.8, 4) is 5.75 Å². The van der Waals surface area contributed by atoms with Crippen LogP contribution in [-0.2, 0) is 6.42 Å². The zero-order valence-electron chi connectivity index (χ0n) is 18.8. The van der Waals surface area contributed by atoms with E-state index in [1.54, 1.807) is 13.1 Å². The average molecular weight is 427 g/mol. The first kappa shape index (κ1) is 24.2. The van der Waals surface area contributed by atoms with Crippen LogP contribution in [0.2, 0.25) is 0 Å². The maximum atomic E-state index is 11.8. The summed E-state index contributed by atoms with van der Waals surface area (Å²) in [6.07, 6.45) is 0.156. The number of hydrogen-bond donors (Lipinski definition) is 4. The third kappa shape index (κ3) is 8.30. The lowest BCUT2D eigenvalue weighted by Crippen LogP contribution is -2.38. The predicted molar refractivity (Wildman–Crippen MR) is 125 cm³/mol. The molecule has 0 fully saturated rings. The molecule has 1 unspecified atom stereocenters. The van der Waals surface area contributed by atoms with Gasteiger partial charge >= 0.3 is 0 Å². The topological polar surface area (TPSA) is 95.0 Å². The smallest absolute Gasteiger partial charge is 0.251 e. The van der Waals surface area contributed by atoms with Gasteiger partial charge in [-0.15, -0.1) is 0 Å². The first-order valence-corrected chi connectivity index (χ1v) is 10.7. The largest absolute Gasteiger partial charge is 0.491 e. The van der Waals surface area contributed by atoms with Crippen molar-refractivity contribution in [1.29, 1.82) is 0 Å². The number of rotatable bonds is 10. The Labute approximate surface area is 184 Å². The zero-order chi connectivity index (χ0) is 22.6. The molecule has 0 aliphatic rings. The van der Waals surface area contributed by atoms with Gasteiger partial charge < -0.3 is 25.8 Å². The van der Waals surface area contributed by atoms with Gasteiger partial charge in [-0.1, -0.05) is 24.3 Å². The number of carbonyl (C=O) groups is 1. The molecule has 0 aliphatic heterocycles. The minimum absolute atomic E-state index is 0.0949. The van der Waals surface area contributed by atoms with Crippen LogP contribution in [0.15, 0.2) is 53.5 Å². The summed E-state index contributed by atoms with van der Waals surface area (Å²) in [5, 5.41) is 19.6. The molecule has 0 saturated heterocycles. The van der Waals surface area contributed by atoms with E-state index in [4.69, 9.17) is 4.74 Å². The second-order valence-electron chi connectivity index (χ2n) is 7.43. The SMILES string of the molecule is CCNC(=NCC(O)c1ccc(OC(C)C)cc1)NCCc1cccc(C(=O)NC)c1. The Kier molecular flexibility index (Phi) is 9.84. The molecule has 2 aromatic carbocycles. The average Bonchev–Trinajstić information content (AvgIpc) is 2.77. The maximum Gasteiger partial charge on any atom is 0.251 e. The Morgan fingerprint density at radius 1 is 1.13 bits per heavy atom. The predicted octanol–water partition coefficient (Wildman–Crippen LogP) is 2.66. The van der Waals surface area contributed by atoms with E-state index in [0.29, 0.717) is 18.1 Å². The van der Waals surface area contributed by atoms with E-state index in [2.05, 4.69) is 20.9 Å². The first-order chi connectivity index (χ1) is 14.9. The van der Waals surface area contributed by atoms with Crippen molar-refractivity contribution < 1.29 is 14.6 Å². The van der Waals surface area contributed by atoms with Crippen molar-refractivity contribution in [3.63, 3.8) is 0 Å². The van der Waals surface area contributed by atoms with Gasteiger partial charge in [0, 0.05) is 25.7 Å². The van der Waals surface area contributed by atoms with Crippen LogP contribution < -0.4 is 20.7 Å². The van der Waals surface area contributed by atoms with Gasteiger partial charge in [-0.05, 0) is 62.6 Å². The van der Waals surface area contributed by atoms with Crippen LogP contribution in [0, 0.1) is 0 Å². The molecule has 1 amide bonds. The Balaban J connectivity index is 1.90. The van der Waals surface area contributed by atoms with E-state index >= 15 is 0 Å². The van der Waals surface area contributed by atoms with E-state index in [9.17, 15) is 9.90 Å². The summed E-state index contributed by atoms with van der Waals surface area (Å²) in [6, 6.07) is 15.0. The van der Waals surface area contributed by atoms with Crippen LogP contribution in [-0.4, -0.2) is 49.8 Å². The minimum atomic E-state index is -0.701. The van der Waals surface area contributed by atoms with Crippen molar-refractivity contribution in [2.45, 2.75) is 39.4 Å². The van der Waals surface area contributed by atoms with Gasteiger partial charge in [-0.2, -0.15) is 0 Å². The highest BCUT2D eigenvalue weighted by molar-refractivity contribution is 5.94. The summed E-state index contributed by atoms with van der Waals surface area (Å²) in [5.74, 6) is 1.33. The third-order valence-electron chi connectivity index (χ3n) is 4.53. The second-order valence-corrected chi connectivity index (χ2v) is 7.43. The van der Waals surface area contributed by atoms with Crippen molar-refractivity contribution in [3.05, 3.63) is 65.2 Å². The number of aliphatic hydroxyl groups excluding tert-OH is 1. The van der Waals surface area contributed by atoms with E-state index in [-0.39, 0.29) is 18.6 Å². The van der Waals surface area contributed by atoms with Gasteiger partial charge in [0.2, 0.25) is 0 Å². The number of aliphatic imine (C=N–C) groups is 1. The number of amides is 1. The zero-order valence-corrected chi connectivity index (χ0v) is 18.8. The molecule has 0 bridgehead atoms. The van der Waals surface area contributed by atoms with Crippen LogP contribution in [0.1, 0.15) is 48.4 Å². The number of carbonyl (C=O) groups excluding carboxylic acids is 1. The number of nitrogens with one attached hydrogen (secondary N) is 3. The van der Waals surface area contributed by atoms with Crippen molar-refractivity contribution >= 4 is 11.9 Å². The van der Waals surface area contributed by atoms with Crippen molar-refractivity contribution in [2.24, 2.45) is 4.99 Å². The lowest BCUT2D eigenvalue weighted by Gasteiger charge is -2.14. The van der Waals surface area contributed by atoms with E-state index in [1.165, 1.54) is 0 Å². The summed E-state index contributed by atoms with van der Waals surface area (Å²) >= 11 is 0. The normalized spacial score (nSPS) is 12.4. The monoisotopic (exact) mass is 426 g/mol. The van der Waals surface area contributed by atoms with Gasteiger partial charge in [0.1, 0.15) is 5.75 Å². The summed E-state index contributed by atoms with van der Waals surface area (Å²) < 4.78 is 5.64. The highest BCUT2D eigenvalue weighted by atomic mass is 16.5. The molecule has 1 atom stereocenters. The van der Waals surface area contributed by atoms with E-state index < -0.39 is 6.10 Å². The van der Waals surface area contributed by atoms with Crippen LogP contribution in [0.5, 0.6) is 5.75 Å². The van der Waals surface area contributed by atoms with E-state index in [0.717, 1.165) is 29.8 Å². The quantitative estimate of drug-likeness (QED) is 0.346. The standard InChI is InChI=1S/C24H34N4O3/c1-5-26-24(27-14-13-18-7-6-8-20(15-18)23(30)25-4)28-16-22(29)19-9-11-21(12-10-19)31-17(2)3/h6-12,15,17,22,29H,5,13-14,16H2,1-4H3,(H,25,30)(H2,26,27,28). The summed E-state index contributed by atoms with van der Waals surface area (Å²) in [4.78, 5) is 16.3. The number of guanidine groups is 1. The highest BCUT2D eigenvalue weighted by Crippen LogP contribution is 2.19. The molecule has 7 nitrogen and oxygen atoms in total. The Hall–Kier alpha value is -3.06. The molecule has 168 valence electrons. The fourth-order valence-corrected chi connectivity index (χ4v) is 3.00. The lowest BCUT2D eigenvalue weighted by molar-refractivity contribution is 0.0963. The van der Waals surface area contributed by atoms with Gasteiger partial charge in [0.15, 0.2) is 5.96 Å². The summed E-state index contributed by atoms with van der Waals surface area (Å²) in [7, 11) is 1.62. The van der Waals surface area contributed by atoms with Gasteiger partial charge in [0.05, 0.1) is 18.8 Å². The number of aliphatic hydroxyl groups is 1. The Morgan fingerprint density at radius 3 is 2.52 bits per heavy atom. The highest BCUT2D eigenvalue weighted by Gasteiger charge is 2.09. The van der Waals surface area contributed by atoms with E-state index in [1.807, 2.05) is 63.2 Å². The van der Waals surface area contributed by atoms with Gasteiger partial charge in [-0.25, -0.2) is 0 Å². The maximum absolute atomic E-state index is 11.8. The van der Waals surface area contributed by atoms with Crippen LogP contribution >= 0.6 is 0 Å². The first-order valence-electron chi connectivity index (χ1n) is 10.7. The molecular weight excluding hydrogens is 392 g/mol. The van der Waals surface area contributed by atoms with Crippen LogP contribution in [0.25, 0.3) is 0 Å². The third-order valence-corrected chi connectivity index (χ3v) is 4.53. The molecule has 0 saturated carbocycles. The minimum Gasteiger partial charge on any atom is -0.491 e. The number of nitrogens with zero attached hydrogens (tertiary/aromatic N) is 1. The lowest BCUT2D eigenvalue weighted by atomic mass is 10.1. The van der Waals surface area contributed by atoms with Crippen LogP contribution in [0.4, 0.5) is 0 Å². The van der Waals surface area contributed by atoms with Crippen LogP contribution in [0.3, 0.4) is 0 Å². The molecule has 0 radical (unpaired) electrons. The second kappa shape index (κ2) is 12.6. The molecule has 4 N–H and O–H groups in total.